The average Bonchev–Trinajstić information content (AvgIpc) is 2.42. The number of carboxylic acids is 1. The summed E-state index contributed by atoms with van der Waals surface area (Å²) in [6.07, 6.45) is 3.06. The number of carbonyl (C=O) groups is 1. The van der Waals surface area contributed by atoms with E-state index in [9.17, 15) is 4.79 Å². The summed E-state index contributed by atoms with van der Waals surface area (Å²) < 4.78 is 2.19. The molecule has 0 unspecified atom stereocenters. The Kier molecular flexibility index (Phi) is 1.55. The summed E-state index contributed by atoms with van der Waals surface area (Å²) >= 11 is 6.91. The third-order valence-electron chi connectivity index (χ3n) is 1.35. The summed E-state index contributed by atoms with van der Waals surface area (Å²) in [4.78, 5) is 14.9. The van der Waals surface area contributed by atoms with E-state index in [2.05, 4.69) is 4.98 Å². The smallest absolute Gasteiger partial charge is 0.356 e. The standard InChI is InChI=1S/C6H3ClN2O2S/c7-4-2-9-1-3(5(10)11)8-6(9)12-4/h1-2H,(H,10,11). The SMILES string of the molecule is O=C(O)c1cn2cc(Cl)sc2n1. The molecule has 0 amide bonds. The third-order valence-corrected chi connectivity index (χ3v) is 2.46. The Balaban J connectivity index is 2.64. The molecular formula is C6H3ClN2O2S. The number of hydrogen-bond donors (Lipinski definition) is 1. The largest absolute Gasteiger partial charge is 0.476 e. The predicted octanol–water partition coefficient (Wildman–Crippen LogP) is 1.75. The number of carboxylic acid groups (broad SMARTS) is 1. The topological polar surface area (TPSA) is 54.6 Å². The molecule has 0 atom stereocenters. The lowest BCUT2D eigenvalue weighted by Crippen LogP contribution is -1.94. The number of rotatable bonds is 1. The second kappa shape index (κ2) is 2.46. The van der Waals surface area contributed by atoms with Crippen LogP contribution in [0.3, 0.4) is 0 Å². The summed E-state index contributed by atoms with van der Waals surface area (Å²) in [5, 5.41) is 8.57. The van der Waals surface area contributed by atoms with Gasteiger partial charge in [-0.3, -0.25) is 4.40 Å². The molecule has 0 aliphatic carbocycles. The first-order valence-corrected chi connectivity index (χ1v) is 4.23. The van der Waals surface area contributed by atoms with Gasteiger partial charge in [-0.15, -0.1) is 0 Å². The molecule has 62 valence electrons. The van der Waals surface area contributed by atoms with E-state index in [1.807, 2.05) is 0 Å². The predicted molar refractivity (Wildman–Crippen MR) is 45.0 cm³/mol. The third kappa shape index (κ3) is 1.07. The lowest BCUT2D eigenvalue weighted by Gasteiger charge is -1.79. The second-order valence-corrected chi connectivity index (χ2v) is 3.80. The molecule has 0 aliphatic heterocycles. The van der Waals surface area contributed by atoms with Gasteiger partial charge in [-0.1, -0.05) is 22.9 Å². The fraction of sp³-hybridized carbons (Fsp3) is 0. The van der Waals surface area contributed by atoms with Crippen LogP contribution in [0.25, 0.3) is 4.96 Å². The number of fused-ring (bicyclic) bond motifs is 1. The number of aromatic nitrogens is 2. The van der Waals surface area contributed by atoms with Crippen LogP contribution in [0.15, 0.2) is 12.4 Å². The van der Waals surface area contributed by atoms with Gasteiger partial charge in [-0.2, -0.15) is 0 Å². The summed E-state index contributed by atoms with van der Waals surface area (Å²) in [5.41, 5.74) is 0.0397. The van der Waals surface area contributed by atoms with Crippen molar-refractivity contribution < 1.29 is 9.90 Å². The Morgan fingerprint density at radius 3 is 3.00 bits per heavy atom. The molecular weight excluding hydrogens is 200 g/mol. The minimum Gasteiger partial charge on any atom is -0.476 e. The molecule has 4 nitrogen and oxygen atoms in total. The first-order valence-electron chi connectivity index (χ1n) is 3.04. The van der Waals surface area contributed by atoms with Gasteiger partial charge in [-0.25, -0.2) is 9.78 Å². The molecule has 12 heavy (non-hydrogen) atoms. The molecule has 0 saturated carbocycles. The summed E-state index contributed by atoms with van der Waals surface area (Å²) in [7, 11) is 0. The summed E-state index contributed by atoms with van der Waals surface area (Å²) in [6.45, 7) is 0. The van der Waals surface area contributed by atoms with Gasteiger partial charge in [0.2, 0.25) is 0 Å². The average molecular weight is 203 g/mol. The van der Waals surface area contributed by atoms with Crippen molar-refractivity contribution >= 4 is 33.9 Å². The number of imidazole rings is 1. The Hall–Kier alpha value is -1.07. The summed E-state index contributed by atoms with van der Waals surface area (Å²) in [6, 6.07) is 0. The van der Waals surface area contributed by atoms with Gasteiger partial charge in [0, 0.05) is 12.4 Å². The fourth-order valence-electron chi connectivity index (χ4n) is 0.871. The van der Waals surface area contributed by atoms with Gasteiger partial charge in [0.1, 0.15) is 4.34 Å². The summed E-state index contributed by atoms with van der Waals surface area (Å²) in [5.74, 6) is -1.03. The Labute approximate surface area is 76.0 Å². The van der Waals surface area contributed by atoms with Crippen molar-refractivity contribution in [2.45, 2.75) is 0 Å². The molecule has 0 spiro atoms. The zero-order valence-electron chi connectivity index (χ0n) is 5.69. The van der Waals surface area contributed by atoms with Crippen molar-refractivity contribution in [2.75, 3.05) is 0 Å². The molecule has 2 rings (SSSR count). The van der Waals surface area contributed by atoms with Crippen LogP contribution >= 0.6 is 22.9 Å². The van der Waals surface area contributed by atoms with E-state index in [0.717, 1.165) is 0 Å². The number of nitrogens with zero attached hydrogens (tertiary/aromatic N) is 2. The highest BCUT2D eigenvalue weighted by Crippen LogP contribution is 2.21. The Morgan fingerprint density at radius 2 is 2.42 bits per heavy atom. The second-order valence-electron chi connectivity index (χ2n) is 2.16. The monoisotopic (exact) mass is 202 g/mol. The zero-order chi connectivity index (χ0) is 8.72. The van der Waals surface area contributed by atoms with Gasteiger partial charge in [0.15, 0.2) is 10.7 Å². The van der Waals surface area contributed by atoms with Crippen LogP contribution in [0.5, 0.6) is 0 Å². The lowest BCUT2D eigenvalue weighted by atomic mass is 10.5. The maximum atomic E-state index is 10.4. The van der Waals surface area contributed by atoms with Crippen LogP contribution in [-0.2, 0) is 0 Å². The molecule has 0 aliphatic rings. The highest BCUT2D eigenvalue weighted by atomic mass is 35.5. The van der Waals surface area contributed by atoms with Gasteiger partial charge in [0.25, 0.3) is 0 Å². The van der Waals surface area contributed by atoms with Gasteiger partial charge in [-0.05, 0) is 0 Å². The minimum atomic E-state index is -1.03. The van der Waals surface area contributed by atoms with E-state index in [1.54, 1.807) is 10.6 Å². The molecule has 0 saturated heterocycles. The van der Waals surface area contributed by atoms with Gasteiger partial charge >= 0.3 is 5.97 Å². The molecule has 6 heteroatoms. The van der Waals surface area contributed by atoms with Crippen molar-refractivity contribution in [3.8, 4) is 0 Å². The van der Waals surface area contributed by atoms with E-state index < -0.39 is 5.97 Å². The molecule has 0 aromatic carbocycles. The van der Waals surface area contributed by atoms with Crippen LogP contribution in [0.1, 0.15) is 10.5 Å². The number of hydrogen-bond acceptors (Lipinski definition) is 3. The fourth-order valence-corrected chi connectivity index (χ4v) is 1.88. The Morgan fingerprint density at radius 1 is 1.67 bits per heavy atom. The van der Waals surface area contributed by atoms with E-state index >= 15 is 0 Å². The molecule has 2 aromatic rings. The van der Waals surface area contributed by atoms with Crippen LogP contribution in [0.4, 0.5) is 0 Å². The highest BCUT2D eigenvalue weighted by Gasteiger charge is 2.09. The van der Waals surface area contributed by atoms with Crippen molar-refractivity contribution in [1.29, 1.82) is 0 Å². The van der Waals surface area contributed by atoms with E-state index in [0.29, 0.717) is 9.30 Å². The molecule has 2 heterocycles. The molecule has 0 fully saturated rings. The quantitative estimate of drug-likeness (QED) is 0.767. The van der Waals surface area contributed by atoms with E-state index in [1.165, 1.54) is 17.5 Å². The molecule has 2 aromatic heterocycles. The van der Waals surface area contributed by atoms with Crippen LogP contribution in [0.2, 0.25) is 4.34 Å². The Bertz CT molecular complexity index is 416. The first-order chi connectivity index (χ1) is 5.66. The molecule has 0 bridgehead atoms. The van der Waals surface area contributed by atoms with Gasteiger partial charge < -0.3 is 5.11 Å². The molecule has 0 radical (unpaired) electrons. The van der Waals surface area contributed by atoms with Crippen molar-refractivity contribution in [3.05, 3.63) is 22.4 Å². The van der Waals surface area contributed by atoms with Crippen molar-refractivity contribution in [3.63, 3.8) is 0 Å². The number of thiazole rings is 1. The maximum Gasteiger partial charge on any atom is 0.356 e. The highest BCUT2D eigenvalue weighted by molar-refractivity contribution is 7.20. The normalized spacial score (nSPS) is 10.8. The van der Waals surface area contributed by atoms with Crippen molar-refractivity contribution in [2.24, 2.45) is 0 Å². The lowest BCUT2D eigenvalue weighted by molar-refractivity contribution is 0.0691. The number of halogens is 1. The van der Waals surface area contributed by atoms with E-state index in [4.69, 9.17) is 16.7 Å². The molecule has 1 N–H and O–H groups in total. The van der Waals surface area contributed by atoms with Crippen molar-refractivity contribution in [1.82, 2.24) is 9.38 Å². The van der Waals surface area contributed by atoms with Crippen LogP contribution in [-0.4, -0.2) is 20.5 Å². The maximum absolute atomic E-state index is 10.4. The van der Waals surface area contributed by atoms with Crippen LogP contribution < -0.4 is 0 Å². The number of aromatic carboxylic acids is 1. The minimum absolute atomic E-state index is 0.0397. The first kappa shape index (κ1) is 7.57. The zero-order valence-corrected chi connectivity index (χ0v) is 7.26. The van der Waals surface area contributed by atoms with E-state index in [-0.39, 0.29) is 5.69 Å². The van der Waals surface area contributed by atoms with Gasteiger partial charge in [0.05, 0.1) is 0 Å². The van der Waals surface area contributed by atoms with Crippen LogP contribution in [0, 0.1) is 0 Å².